The van der Waals surface area contributed by atoms with Crippen molar-refractivity contribution in [3.8, 4) is 0 Å². The van der Waals surface area contributed by atoms with Crippen LogP contribution >= 0.6 is 0 Å². The first-order valence-corrected chi connectivity index (χ1v) is 4.09. The van der Waals surface area contributed by atoms with Crippen LogP contribution in [0.3, 0.4) is 0 Å². The standard InChI is InChI=1S/C10H11NO3/c1-14-10(13)9(12)6-7-2-4-8(11)5-3-7/h2-5H,6,11H2,1H3. The van der Waals surface area contributed by atoms with Crippen molar-refractivity contribution in [1.29, 1.82) is 0 Å². The largest absolute Gasteiger partial charge is 0.463 e. The van der Waals surface area contributed by atoms with Crippen LogP contribution in [0.4, 0.5) is 5.69 Å². The highest BCUT2D eigenvalue weighted by molar-refractivity contribution is 6.34. The summed E-state index contributed by atoms with van der Waals surface area (Å²) in [5.74, 6) is -1.38. The second-order valence-electron chi connectivity index (χ2n) is 2.83. The van der Waals surface area contributed by atoms with Gasteiger partial charge in [0, 0.05) is 12.1 Å². The summed E-state index contributed by atoms with van der Waals surface area (Å²) < 4.78 is 4.29. The van der Waals surface area contributed by atoms with E-state index >= 15 is 0 Å². The Morgan fingerprint density at radius 3 is 2.36 bits per heavy atom. The second-order valence-corrected chi connectivity index (χ2v) is 2.83. The zero-order valence-corrected chi connectivity index (χ0v) is 7.82. The fraction of sp³-hybridized carbons (Fsp3) is 0.200. The zero-order chi connectivity index (χ0) is 10.6. The predicted octanol–water partition coefficient (Wildman–Crippen LogP) is 0.553. The van der Waals surface area contributed by atoms with Crippen molar-refractivity contribution in [3.63, 3.8) is 0 Å². The van der Waals surface area contributed by atoms with Crippen molar-refractivity contribution in [3.05, 3.63) is 29.8 Å². The lowest BCUT2D eigenvalue weighted by Crippen LogP contribution is -2.17. The number of carbonyl (C=O) groups excluding carboxylic acids is 2. The minimum atomic E-state index is -0.818. The SMILES string of the molecule is COC(=O)C(=O)Cc1ccc(N)cc1. The Hall–Kier alpha value is -1.84. The molecule has 0 saturated carbocycles. The van der Waals surface area contributed by atoms with Crippen LogP contribution in [-0.2, 0) is 20.7 Å². The zero-order valence-electron chi connectivity index (χ0n) is 7.82. The Balaban J connectivity index is 2.65. The normalized spacial score (nSPS) is 9.50. The van der Waals surface area contributed by atoms with Crippen molar-refractivity contribution in [1.82, 2.24) is 0 Å². The van der Waals surface area contributed by atoms with E-state index in [0.29, 0.717) is 5.69 Å². The van der Waals surface area contributed by atoms with E-state index in [0.717, 1.165) is 5.56 Å². The van der Waals surface area contributed by atoms with Crippen molar-refractivity contribution in [2.24, 2.45) is 0 Å². The molecule has 0 radical (unpaired) electrons. The van der Waals surface area contributed by atoms with Crippen LogP contribution in [0.1, 0.15) is 5.56 Å². The van der Waals surface area contributed by atoms with Gasteiger partial charge in [-0.2, -0.15) is 0 Å². The summed E-state index contributed by atoms with van der Waals surface area (Å²) in [4.78, 5) is 21.9. The van der Waals surface area contributed by atoms with Gasteiger partial charge in [-0.3, -0.25) is 4.79 Å². The number of nitrogens with two attached hydrogens (primary N) is 1. The summed E-state index contributed by atoms with van der Waals surface area (Å²) in [6, 6.07) is 6.77. The van der Waals surface area contributed by atoms with Crippen LogP contribution in [0.5, 0.6) is 0 Å². The van der Waals surface area contributed by atoms with Crippen LogP contribution in [0.15, 0.2) is 24.3 Å². The monoisotopic (exact) mass is 193 g/mol. The van der Waals surface area contributed by atoms with Gasteiger partial charge in [0.15, 0.2) is 0 Å². The first-order valence-electron chi connectivity index (χ1n) is 4.09. The van der Waals surface area contributed by atoms with Crippen molar-refractivity contribution in [2.45, 2.75) is 6.42 Å². The van der Waals surface area contributed by atoms with Crippen LogP contribution in [0, 0.1) is 0 Å². The average Bonchev–Trinajstić information content (AvgIpc) is 2.20. The van der Waals surface area contributed by atoms with Crippen molar-refractivity contribution in [2.75, 3.05) is 12.8 Å². The van der Waals surface area contributed by atoms with E-state index in [2.05, 4.69) is 4.74 Å². The van der Waals surface area contributed by atoms with Crippen LogP contribution < -0.4 is 5.73 Å². The molecule has 1 aromatic carbocycles. The van der Waals surface area contributed by atoms with E-state index < -0.39 is 11.8 Å². The molecule has 0 fully saturated rings. The van der Waals surface area contributed by atoms with Gasteiger partial charge in [0.05, 0.1) is 7.11 Å². The highest BCUT2D eigenvalue weighted by atomic mass is 16.5. The van der Waals surface area contributed by atoms with Gasteiger partial charge in [0.1, 0.15) is 0 Å². The molecule has 0 aliphatic carbocycles. The number of ketones is 1. The quantitative estimate of drug-likeness (QED) is 0.432. The Kier molecular flexibility index (Phi) is 3.23. The minimum Gasteiger partial charge on any atom is -0.463 e. The van der Waals surface area contributed by atoms with Crippen LogP contribution in [0.25, 0.3) is 0 Å². The maximum absolute atomic E-state index is 11.1. The van der Waals surface area contributed by atoms with Crippen LogP contribution in [0.2, 0.25) is 0 Å². The van der Waals surface area contributed by atoms with Gasteiger partial charge in [0.2, 0.25) is 5.78 Å². The Morgan fingerprint density at radius 2 is 1.86 bits per heavy atom. The number of benzene rings is 1. The number of methoxy groups -OCH3 is 1. The van der Waals surface area contributed by atoms with Gasteiger partial charge in [-0.25, -0.2) is 4.79 Å². The number of ether oxygens (including phenoxy) is 1. The molecule has 0 atom stereocenters. The van der Waals surface area contributed by atoms with Gasteiger partial charge in [-0.05, 0) is 17.7 Å². The number of esters is 1. The van der Waals surface area contributed by atoms with E-state index in [1.165, 1.54) is 7.11 Å². The molecule has 0 spiro atoms. The minimum absolute atomic E-state index is 0.0486. The molecule has 0 unspecified atom stereocenters. The molecule has 1 aromatic rings. The summed E-state index contributed by atoms with van der Waals surface area (Å²) in [6.45, 7) is 0. The van der Waals surface area contributed by atoms with Gasteiger partial charge < -0.3 is 10.5 Å². The lowest BCUT2D eigenvalue weighted by molar-refractivity contribution is -0.151. The highest BCUT2D eigenvalue weighted by Crippen LogP contribution is 2.06. The first kappa shape index (κ1) is 10.2. The second kappa shape index (κ2) is 4.41. The molecule has 0 saturated heterocycles. The maximum Gasteiger partial charge on any atom is 0.374 e. The number of carbonyl (C=O) groups is 2. The Bertz CT molecular complexity index is 343. The molecule has 0 aliphatic rings. The Morgan fingerprint density at radius 1 is 1.29 bits per heavy atom. The van der Waals surface area contributed by atoms with E-state index in [1.54, 1.807) is 24.3 Å². The van der Waals surface area contributed by atoms with E-state index in [4.69, 9.17) is 5.73 Å². The van der Waals surface area contributed by atoms with Gasteiger partial charge in [0.25, 0.3) is 0 Å². The predicted molar refractivity (Wildman–Crippen MR) is 51.6 cm³/mol. The number of Topliss-reactive ketones (excluding diaryl/α,β-unsaturated/α-hetero) is 1. The summed E-state index contributed by atoms with van der Waals surface area (Å²) in [5, 5.41) is 0. The van der Waals surface area contributed by atoms with Gasteiger partial charge >= 0.3 is 5.97 Å². The first-order chi connectivity index (χ1) is 6.63. The number of hydrogen-bond acceptors (Lipinski definition) is 4. The summed E-state index contributed by atoms with van der Waals surface area (Å²) >= 11 is 0. The van der Waals surface area contributed by atoms with Gasteiger partial charge in [-0.15, -0.1) is 0 Å². The smallest absolute Gasteiger partial charge is 0.374 e. The third-order valence-electron chi connectivity index (χ3n) is 1.76. The summed E-state index contributed by atoms with van der Waals surface area (Å²) in [6.07, 6.45) is 0.0486. The molecule has 0 heterocycles. The molecule has 74 valence electrons. The molecular weight excluding hydrogens is 182 g/mol. The average molecular weight is 193 g/mol. The summed E-state index contributed by atoms with van der Waals surface area (Å²) in [7, 11) is 1.18. The van der Waals surface area contributed by atoms with Crippen molar-refractivity contribution < 1.29 is 14.3 Å². The van der Waals surface area contributed by atoms with Crippen molar-refractivity contribution >= 4 is 17.4 Å². The maximum atomic E-state index is 11.1. The van der Waals surface area contributed by atoms with E-state index in [1.807, 2.05) is 0 Å². The topological polar surface area (TPSA) is 69.4 Å². The fourth-order valence-corrected chi connectivity index (χ4v) is 1.01. The van der Waals surface area contributed by atoms with Gasteiger partial charge in [-0.1, -0.05) is 12.1 Å². The number of rotatable bonds is 3. The molecule has 0 aromatic heterocycles. The molecule has 4 heteroatoms. The highest BCUT2D eigenvalue weighted by Gasteiger charge is 2.13. The fourth-order valence-electron chi connectivity index (χ4n) is 1.01. The lowest BCUT2D eigenvalue weighted by atomic mass is 10.1. The molecule has 0 aliphatic heterocycles. The molecular formula is C10H11NO3. The van der Waals surface area contributed by atoms with E-state index in [9.17, 15) is 9.59 Å². The summed E-state index contributed by atoms with van der Waals surface area (Å²) in [5.41, 5.74) is 6.84. The third-order valence-corrected chi connectivity index (χ3v) is 1.76. The third kappa shape index (κ3) is 2.58. The molecule has 4 nitrogen and oxygen atoms in total. The Labute approximate surface area is 81.7 Å². The molecule has 2 N–H and O–H groups in total. The van der Waals surface area contributed by atoms with E-state index in [-0.39, 0.29) is 6.42 Å². The number of nitrogen functional groups attached to an aromatic ring is 1. The molecule has 0 amide bonds. The molecule has 14 heavy (non-hydrogen) atoms. The molecule has 0 bridgehead atoms. The number of anilines is 1. The van der Waals surface area contributed by atoms with Crippen LogP contribution in [-0.4, -0.2) is 18.9 Å². The lowest BCUT2D eigenvalue weighted by Gasteiger charge is -1.99. The molecule has 1 rings (SSSR count). The number of hydrogen-bond donors (Lipinski definition) is 1.